The SMILES string of the molecule is CCCCNCC1CCc2ccc(OCc3ccccc3)cc2O1. The Labute approximate surface area is 145 Å². The van der Waals surface area contributed by atoms with Gasteiger partial charge in [0.1, 0.15) is 24.2 Å². The summed E-state index contributed by atoms with van der Waals surface area (Å²) in [6, 6.07) is 16.5. The maximum atomic E-state index is 6.16. The van der Waals surface area contributed by atoms with E-state index >= 15 is 0 Å². The van der Waals surface area contributed by atoms with Gasteiger partial charge in [-0.25, -0.2) is 0 Å². The molecule has 2 aromatic rings. The lowest BCUT2D eigenvalue weighted by Gasteiger charge is -2.26. The van der Waals surface area contributed by atoms with Crippen LogP contribution < -0.4 is 14.8 Å². The van der Waals surface area contributed by atoms with Crippen molar-refractivity contribution in [3.8, 4) is 11.5 Å². The maximum Gasteiger partial charge on any atom is 0.126 e. The van der Waals surface area contributed by atoms with Crippen LogP contribution in [0.1, 0.15) is 37.3 Å². The molecular formula is C21H27NO2. The van der Waals surface area contributed by atoms with Crippen LogP contribution in [-0.2, 0) is 13.0 Å². The zero-order valence-electron chi connectivity index (χ0n) is 14.5. The first kappa shape index (κ1) is 16.8. The number of unbranched alkanes of at least 4 members (excludes halogenated alkanes) is 1. The lowest BCUT2D eigenvalue weighted by atomic mass is 10.0. The first-order chi connectivity index (χ1) is 11.8. The summed E-state index contributed by atoms with van der Waals surface area (Å²) < 4.78 is 12.1. The van der Waals surface area contributed by atoms with E-state index < -0.39 is 0 Å². The van der Waals surface area contributed by atoms with Gasteiger partial charge in [0, 0.05) is 12.6 Å². The third kappa shape index (κ3) is 4.75. The molecule has 1 aliphatic rings. The van der Waals surface area contributed by atoms with E-state index in [-0.39, 0.29) is 6.10 Å². The van der Waals surface area contributed by atoms with E-state index in [1.807, 2.05) is 30.3 Å². The Bertz CT molecular complexity index is 627. The fourth-order valence-corrected chi connectivity index (χ4v) is 2.95. The van der Waals surface area contributed by atoms with Gasteiger partial charge >= 0.3 is 0 Å². The van der Waals surface area contributed by atoms with Gasteiger partial charge in [0.05, 0.1) is 0 Å². The van der Waals surface area contributed by atoms with Crippen LogP contribution in [0.5, 0.6) is 11.5 Å². The molecule has 1 atom stereocenters. The molecule has 0 radical (unpaired) electrons. The molecule has 1 heterocycles. The molecule has 0 aromatic heterocycles. The van der Waals surface area contributed by atoms with E-state index in [0.717, 1.165) is 37.4 Å². The molecule has 0 fully saturated rings. The van der Waals surface area contributed by atoms with E-state index in [4.69, 9.17) is 9.47 Å². The number of benzene rings is 2. The largest absolute Gasteiger partial charge is 0.489 e. The van der Waals surface area contributed by atoms with Crippen LogP contribution in [-0.4, -0.2) is 19.2 Å². The van der Waals surface area contributed by atoms with E-state index in [2.05, 4.69) is 30.4 Å². The Morgan fingerprint density at radius 3 is 2.88 bits per heavy atom. The average molecular weight is 325 g/mol. The van der Waals surface area contributed by atoms with E-state index in [1.54, 1.807) is 0 Å². The normalized spacial score (nSPS) is 16.3. The number of aryl methyl sites for hydroxylation is 1. The first-order valence-corrected chi connectivity index (χ1v) is 9.02. The molecule has 3 heteroatoms. The highest BCUT2D eigenvalue weighted by Gasteiger charge is 2.19. The van der Waals surface area contributed by atoms with Crippen LogP contribution >= 0.6 is 0 Å². The van der Waals surface area contributed by atoms with E-state index in [1.165, 1.54) is 24.0 Å². The van der Waals surface area contributed by atoms with Crippen molar-refractivity contribution in [3.05, 3.63) is 59.7 Å². The zero-order valence-corrected chi connectivity index (χ0v) is 14.5. The number of hydrogen-bond acceptors (Lipinski definition) is 3. The fourth-order valence-electron chi connectivity index (χ4n) is 2.95. The molecule has 1 N–H and O–H groups in total. The van der Waals surface area contributed by atoms with Gasteiger partial charge in [0.15, 0.2) is 0 Å². The van der Waals surface area contributed by atoms with Gasteiger partial charge in [-0.15, -0.1) is 0 Å². The third-order valence-electron chi connectivity index (χ3n) is 4.40. The Morgan fingerprint density at radius 2 is 2.04 bits per heavy atom. The summed E-state index contributed by atoms with van der Waals surface area (Å²) in [5.41, 5.74) is 2.46. The molecule has 0 saturated carbocycles. The second kappa shape index (κ2) is 8.74. The van der Waals surface area contributed by atoms with Crippen molar-refractivity contribution in [1.82, 2.24) is 5.32 Å². The minimum absolute atomic E-state index is 0.263. The van der Waals surface area contributed by atoms with Crippen molar-refractivity contribution < 1.29 is 9.47 Å². The van der Waals surface area contributed by atoms with E-state index in [9.17, 15) is 0 Å². The molecule has 1 aliphatic heterocycles. The third-order valence-corrected chi connectivity index (χ3v) is 4.40. The first-order valence-electron chi connectivity index (χ1n) is 9.02. The summed E-state index contributed by atoms with van der Waals surface area (Å²) in [4.78, 5) is 0. The molecule has 0 amide bonds. The van der Waals surface area contributed by atoms with Crippen molar-refractivity contribution in [1.29, 1.82) is 0 Å². The second-order valence-corrected chi connectivity index (χ2v) is 6.38. The van der Waals surface area contributed by atoms with Crippen LogP contribution in [0, 0.1) is 0 Å². The van der Waals surface area contributed by atoms with Gasteiger partial charge in [0.25, 0.3) is 0 Å². The predicted octanol–water partition coefficient (Wildman–Crippen LogP) is 4.35. The molecule has 3 nitrogen and oxygen atoms in total. The fraction of sp³-hybridized carbons (Fsp3) is 0.429. The Morgan fingerprint density at radius 1 is 1.17 bits per heavy atom. The molecule has 0 aliphatic carbocycles. The quantitative estimate of drug-likeness (QED) is 0.732. The van der Waals surface area contributed by atoms with Gasteiger partial charge in [-0.3, -0.25) is 0 Å². The molecule has 0 saturated heterocycles. The van der Waals surface area contributed by atoms with Crippen LogP contribution in [0.2, 0.25) is 0 Å². The Hall–Kier alpha value is -2.00. The smallest absolute Gasteiger partial charge is 0.126 e. The Balaban J connectivity index is 1.55. The minimum atomic E-state index is 0.263. The standard InChI is InChI=1S/C21H27NO2/c1-2-3-13-22-15-20-12-10-18-9-11-19(14-21(18)24-20)23-16-17-7-5-4-6-8-17/h4-9,11,14,20,22H,2-3,10,12-13,15-16H2,1H3. The summed E-state index contributed by atoms with van der Waals surface area (Å²) in [5.74, 6) is 1.85. The van der Waals surface area contributed by atoms with Crippen LogP contribution in [0.25, 0.3) is 0 Å². The highest BCUT2D eigenvalue weighted by atomic mass is 16.5. The number of nitrogens with one attached hydrogen (secondary N) is 1. The molecular weight excluding hydrogens is 298 g/mol. The van der Waals surface area contributed by atoms with Crippen LogP contribution in [0.4, 0.5) is 0 Å². The summed E-state index contributed by atoms with van der Waals surface area (Å²) in [6.07, 6.45) is 4.87. The highest BCUT2D eigenvalue weighted by Crippen LogP contribution is 2.31. The summed E-state index contributed by atoms with van der Waals surface area (Å²) in [7, 11) is 0. The van der Waals surface area contributed by atoms with Gasteiger partial charge < -0.3 is 14.8 Å². The number of fused-ring (bicyclic) bond motifs is 1. The summed E-state index contributed by atoms with van der Waals surface area (Å²) in [5, 5.41) is 3.49. The predicted molar refractivity (Wildman–Crippen MR) is 97.7 cm³/mol. The molecule has 3 rings (SSSR count). The number of rotatable bonds is 8. The van der Waals surface area contributed by atoms with E-state index in [0.29, 0.717) is 6.61 Å². The lowest BCUT2D eigenvalue weighted by Crippen LogP contribution is -2.34. The maximum absolute atomic E-state index is 6.16. The molecule has 1 unspecified atom stereocenters. The second-order valence-electron chi connectivity index (χ2n) is 6.38. The van der Waals surface area contributed by atoms with Gasteiger partial charge in [0.2, 0.25) is 0 Å². The van der Waals surface area contributed by atoms with Crippen molar-refractivity contribution in [2.75, 3.05) is 13.1 Å². The molecule has 2 aromatic carbocycles. The number of ether oxygens (including phenoxy) is 2. The van der Waals surface area contributed by atoms with Crippen molar-refractivity contribution in [3.63, 3.8) is 0 Å². The van der Waals surface area contributed by atoms with Gasteiger partial charge in [-0.2, -0.15) is 0 Å². The van der Waals surface area contributed by atoms with Crippen LogP contribution in [0.15, 0.2) is 48.5 Å². The molecule has 128 valence electrons. The average Bonchev–Trinajstić information content (AvgIpc) is 2.64. The van der Waals surface area contributed by atoms with Gasteiger partial charge in [-0.05, 0) is 43.0 Å². The van der Waals surface area contributed by atoms with Gasteiger partial charge in [-0.1, -0.05) is 49.7 Å². The minimum Gasteiger partial charge on any atom is -0.489 e. The lowest BCUT2D eigenvalue weighted by molar-refractivity contribution is 0.169. The molecule has 0 spiro atoms. The molecule has 24 heavy (non-hydrogen) atoms. The van der Waals surface area contributed by atoms with Crippen molar-refractivity contribution in [2.45, 2.75) is 45.3 Å². The number of hydrogen-bond donors (Lipinski definition) is 1. The monoisotopic (exact) mass is 325 g/mol. The summed E-state index contributed by atoms with van der Waals surface area (Å²) in [6.45, 7) is 4.80. The van der Waals surface area contributed by atoms with Crippen molar-refractivity contribution >= 4 is 0 Å². The summed E-state index contributed by atoms with van der Waals surface area (Å²) >= 11 is 0. The Kier molecular flexibility index (Phi) is 6.13. The topological polar surface area (TPSA) is 30.5 Å². The molecule has 0 bridgehead atoms. The van der Waals surface area contributed by atoms with Crippen molar-refractivity contribution in [2.24, 2.45) is 0 Å². The van der Waals surface area contributed by atoms with Crippen LogP contribution in [0.3, 0.4) is 0 Å². The zero-order chi connectivity index (χ0) is 16.6. The highest BCUT2D eigenvalue weighted by molar-refractivity contribution is 5.42.